The van der Waals surface area contributed by atoms with Crippen LogP contribution in [0.1, 0.15) is 15.9 Å². The Morgan fingerprint density at radius 3 is 2.77 bits per heavy atom. The lowest BCUT2D eigenvalue weighted by Crippen LogP contribution is -2.28. The van der Waals surface area contributed by atoms with Gasteiger partial charge in [0.05, 0.1) is 11.6 Å². The summed E-state index contributed by atoms with van der Waals surface area (Å²) >= 11 is 5.72. The lowest BCUT2D eigenvalue weighted by molar-refractivity contribution is 0.0946. The minimum absolute atomic E-state index is 0. The van der Waals surface area contributed by atoms with Crippen LogP contribution in [0.3, 0.4) is 0 Å². The van der Waals surface area contributed by atoms with Crippen molar-refractivity contribution in [3.63, 3.8) is 0 Å². The van der Waals surface area contributed by atoms with Gasteiger partial charge in [-0.15, -0.1) is 12.4 Å². The number of aryl methyl sites for hydroxylation is 1. The number of hydrogen-bond donors (Lipinski definition) is 2. The zero-order chi connectivity index (χ0) is 15.2. The summed E-state index contributed by atoms with van der Waals surface area (Å²) in [4.78, 5) is 15.9. The fourth-order valence-corrected chi connectivity index (χ4v) is 1.76. The van der Waals surface area contributed by atoms with Gasteiger partial charge in [0.25, 0.3) is 5.91 Å². The van der Waals surface area contributed by atoms with E-state index in [2.05, 4.69) is 10.3 Å². The van der Waals surface area contributed by atoms with Crippen molar-refractivity contribution in [2.75, 3.05) is 18.9 Å². The molecule has 0 spiro atoms. The lowest BCUT2D eigenvalue weighted by Gasteiger charge is -2.08. The van der Waals surface area contributed by atoms with E-state index < -0.39 is 0 Å². The van der Waals surface area contributed by atoms with E-state index in [9.17, 15) is 4.79 Å². The van der Waals surface area contributed by atoms with Gasteiger partial charge in [-0.3, -0.25) is 4.79 Å². The molecule has 22 heavy (non-hydrogen) atoms. The van der Waals surface area contributed by atoms with Crippen LogP contribution in [-0.4, -0.2) is 24.0 Å². The summed E-state index contributed by atoms with van der Waals surface area (Å²) in [6.07, 6.45) is 1.50. The number of benzene rings is 1. The Hall–Kier alpha value is -1.98. The number of nitrogens with two attached hydrogens (primary N) is 1. The van der Waals surface area contributed by atoms with Gasteiger partial charge in [-0.05, 0) is 30.7 Å². The molecule has 7 heteroatoms. The van der Waals surface area contributed by atoms with E-state index in [4.69, 9.17) is 22.1 Å². The smallest absolute Gasteiger partial charge is 0.251 e. The quantitative estimate of drug-likeness (QED) is 0.647. The van der Waals surface area contributed by atoms with Crippen LogP contribution >= 0.6 is 24.0 Å². The van der Waals surface area contributed by atoms with Crippen molar-refractivity contribution in [1.82, 2.24) is 10.3 Å². The molecular formula is C15H17Cl2N3O2. The molecule has 0 saturated carbocycles. The highest BCUT2D eigenvalue weighted by molar-refractivity contribution is 6.30. The summed E-state index contributed by atoms with van der Waals surface area (Å²) in [6.45, 7) is 2.59. The standard InChI is InChI=1S/C15H16ClN3O2.ClH/c1-10-2-3-11(8-13(10)17)15(20)18-6-7-21-14-5-4-12(16)9-19-14;/h2-5,8-9H,6-7,17H2,1H3,(H,18,20);1H. The van der Waals surface area contributed by atoms with Gasteiger partial charge in [-0.2, -0.15) is 0 Å². The zero-order valence-corrected chi connectivity index (χ0v) is 13.6. The van der Waals surface area contributed by atoms with E-state index in [0.29, 0.717) is 35.3 Å². The number of carbonyl (C=O) groups excluding carboxylic acids is 1. The molecule has 118 valence electrons. The highest BCUT2D eigenvalue weighted by Gasteiger charge is 2.06. The molecule has 2 aromatic rings. The first-order valence-corrected chi connectivity index (χ1v) is 6.83. The highest BCUT2D eigenvalue weighted by Crippen LogP contribution is 2.13. The first-order chi connectivity index (χ1) is 10.1. The second kappa shape index (κ2) is 8.46. The van der Waals surface area contributed by atoms with E-state index in [0.717, 1.165) is 5.56 Å². The normalized spacial score (nSPS) is 9.73. The number of nitrogens with one attached hydrogen (secondary N) is 1. The third-order valence-electron chi connectivity index (χ3n) is 2.88. The van der Waals surface area contributed by atoms with Crippen LogP contribution in [0.2, 0.25) is 5.02 Å². The number of amides is 1. The van der Waals surface area contributed by atoms with Crippen molar-refractivity contribution in [1.29, 1.82) is 0 Å². The zero-order valence-electron chi connectivity index (χ0n) is 12.0. The number of anilines is 1. The predicted molar refractivity (Wildman–Crippen MR) is 89.9 cm³/mol. The van der Waals surface area contributed by atoms with Crippen molar-refractivity contribution in [2.45, 2.75) is 6.92 Å². The number of halogens is 2. The van der Waals surface area contributed by atoms with E-state index in [1.807, 2.05) is 13.0 Å². The minimum Gasteiger partial charge on any atom is -0.476 e. The van der Waals surface area contributed by atoms with E-state index in [1.54, 1.807) is 24.3 Å². The third kappa shape index (κ3) is 5.09. The maximum Gasteiger partial charge on any atom is 0.251 e. The number of hydrogen-bond acceptors (Lipinski definition) is 4. The summed E-state index contributed by atoms with van der Waals surface area (Å²) in [5, 5.41) is 3.30. The Labute approximate surface area is 140 Å². The molecule has 1 aromatic carbocycles. The molecule has 1 heterocycles. The van der Waals surface area contributed by atoms with Crippen molar-refractivity contribution >= 4 is 35.6 Å². The van der Waals surface area contributed by atoms with Crippen LogP contribution < -0.4 is 15.8 Å². The Morgan fingerprint density at radius 2 is 2.14 bits per heavy atom. The van der Waals surface area contributed by atoms with Gasteiger partial charge in [0.1, 0.15) is 6.61 Å². The maximum atomic E-state index is 11.9. The van der Waals surface area contributed by atoms with Gasteiger partial charge >= 0.3 is 0 Å². The number of pyridine rings is 1. The van der Waals surface area contributed by atoms with Gasteiger partial charge < -0.3 is 15.8 Å². The predicted octanol–water partition coefficient (Wildman–Crippen LogP) is 2.86. The summed E-state index contributed by atoms with van der Waals surface area (Å²) in [5.41, 5.74) is 7.86. The second-order valence-corrected chi connectivity index (χ2v) is 4.93. The molecule has 0 aliphatic heterocycles. The van der Waals surface area contributed by atoms with Crippen molar-refractivity contribution in [3.05, 3.63) is 52.7 Å². The Morgan fingerprint density at radius 1 is 1.36 bits per heavy atom. The number of rotatable bonds is 5. The largest absolute Gasteiger partial charge is 0.476 e. The van der Waals surface area contributed by atoms with Gasteiger partial charge in [0.2, 0.25) is 5.88 Å². The molecule has 5 nitrogen and oxygen atoms in total. The maximum absolute atomic E-state index is 11.9. The van der Waals surface area contributed by atoms with Gasteiger partial charge in [-0.1, -0.05) is 17.7 Å². The van der Waals surface area contributed by atoms with E-state index in [1.165, 1.54) is 6.20 Å². The number of ether oxygens (including phenoxy) is 1. The van der Waals surface area contributed by atoms with Gasteiger partial charge in [0, 0.05) is 23.5 Å². The van der Waals surface area contributed by atoms with Crippen LogP contribution in [0.4, 0.5) is 5.69 Å². The average molecular weight is 342 g/mol. The lowest BCUT2D eigenvalue weighted by atomic mass is 10.1. The Balaban J connectivity index is 0.00000242. The SMILES string of the molecule is Cc1ccc(C(=O)NCCOc2ccc(Cl)cn2)cc1N.Cl. The number of nitrogen functional groups attached to an aromatic ring is 1. The number of carbonyl (C=O) groups is 1. The van der Waals surface area contributed by atoms with Crippen LogP contribution in [0.5, 0.6) is 5.88 Å². The molecule has 3 N–H and O–H groups in total. The molecule has 2 rings (SSSR count). The molecule has 1 amide bonds. The van der Waals surface area contributed by atoms with E-state index >= 15 is 0 Å². The molecule has 0 bridgehead atoms. The third-order valence-corrected chi connectivity index (χ3v) is 3.10. The summed E-state index contributed by atoms with van der Waals surface area (Å²) in [6, 6.07) is 8.58. The summed E-state index contributed by atoms with van der Waals surface area (Å²) in [7, 11) is 0. The molecule has 0 aliphatic carbocycles. The second-order valence-electron chi connectivity index (χ2n) is 4.49. The molecule has 0 atom stereocenters. The fraction of sp³-hybridized carbons (Fsp3) is 0.200. The Kier molecular flexibility index (Phi) is 6.95. The molecule has 1 aromatic heterocycles. The fourth-order valence-electron chi connectivity index (χ4n) is 1.65. The molecule has 0 radical (unpaired) electrons. The topological polar surface area (TPSA) is 77.2 Å². The van der Waals surface area contributed by atoms with Gasteiger partial charge in [-0.25, -0.2) is 4.98 Å². The van der Waals surface area contributed by atoms with Crippen molar-refractivity contribution < 1.29 is 9.53 Å². The summed E-state index contributed by atoms with van der Waals surface area (Å²) in [5.74, 6) is 0.280. The molecule has 0 fully saturated rings. The molecule has 0 unspecified atom stereocenters. The average Bonchev–Trinajstić information content (AvgIpc) is 2.48. The van der Waals surface area contributed by atoms with E-state index in [-0.39, 0.29) is 18.3 Å². The Bertz CT molecular complexity index is 633. The monoisotopic (exact) mass is 341 g/mol. The van der Waals surface area contributed by atoms with Gasteiger partial charge in [0.15, 0.2) is 0 Å². The van der Waals surface area contributed by atoms with Crippen molar-refractivity contribution in [2.24, 2.45) is 0 Å². The van der Waals surface area contributed by atoms with Crippen LogP contribution in [-0.2, 0) is 0 Å². The number of aromatic nitrogens is 1. The molecule has 0 saturated heterocycles. The van der Waals surface area contributed by atoms with Crippen LogP contribution in [0.25, 0.3) is 0 Å². The molecule has 0 aliphatic rings. The molecular weight excluding hydrogens is 325 g/mol. The van der Waals surface area contributed by atoms with Crippen molar-refractivity contribution in [3.8, 4) is 5.88 Å². The first kappa shape index (κ1) is 18.1. The van der Waals surface area contributed by atoms with Crippen LogP contribution in [0.15, 0.2) is 36.5 Å². The highest BCUT2D eigenvalue weighted by atomic mass is 35.5. The summed E-state index contributed by atoms with van der Waals surface area (Å²) < 4.78 is 5.38. The van der Waals surface area contributed by atoms with Crippen LogP contribution in [0, 0.1) is 6.92 Å². The first-order valence-electron chi connectivity index (χ1n) is 6.45. The number of nitrogens with zero attached hydrogens (tertiary/aromatic N) is 1. The minimum atomic E-state index is -0.186.